The van der Waals surface area contributed by atoms with Crippen molar-refractivity contribution in [1.82, 2.24) is 0 Å². The maximum Gasteiger partial charge on any atom is -0.00489 e. The van der Waals surface area contributed by atoms with Crippen molar-refractivity contribution in [2.24, 2.45) is 17.6 Å². The summed E-state index contributed by atoms with van der Waals surface area (Å²) in [6, 6.07) is 0. The van der Waals surface area contributed by atoms with Crippen molar-refractivity contribution in [3.05, 3.63) is 0 Å². The summed E-state index contributed by atoms with van der Waals surface area (Å²) in [4.78, 5) is 0. The minimum absolute atomic E-state index is 0.766. The molecule has 0 aromatic carbocycles. The Kier molecular flexibility index (Phi) is 8.53. The van der Waals surface area contributed by atoms with E-state index in [1.165, 1.54) is 38.5 Å². The van der Waals surface area contributed by atoms with Crippen LogP contribution in [0.1, 0.15) is 59.3 Å². The van der Waals surface area contributed by atoms with Crippen LogP contribution in [-0.4, -0.2) is 6.54 Å². The van der Waals surface area contributed by atoms with Gasteiger partial charge in [0.15, 0.2) is 0 Å². The summed E-state index contributed by atoms with van der Waals surface area (Å²) in [7, 11) is 0. The minimum atomic E-state index is 0.766. The third-order valence-electron chi connectivity index (χ3n) is 3.12. The molecule has 1 heteroatoms. The lowest BCUT2D eigenvalue weighted by Crippen LogP contribution is -2.17. The van der Waals surface area contributed by atoms with Crippen LogP contribution in [0.5, 0.6) is 0 Å². The van der Waals surface area contributed by atoms with E-state index in [4.69, 9.17) is 5.73 Å². The van der Waals surface area contributed by atoms with E-state index in [2.05, 4.69) is 20.8 Å². The second kappa shape index (κ2) is 8.55. The van der Waals surface area contributed by atoms with Crippen molar-refractivity contribution in [2.75, 3.05) is 6.54 Å². The molecule has 2 N–H and O–H groups in total. The average molecular weight is 185 g/mol. The van der Waals surface area contributed by atoms with Gasteiger partial charge in [-0.25, -0.2) is 0 Å². The molecule has 0 aliphatic rings. The van der Waals surface area contributed by atoms with Gasteiger partial charge < -0.3 is 5.73 Å². The van der Waals surface area contributed by atoms with Crippen molar-refractivity contribution in [1.29, 1.82) is 0 Å². The Balaban J connectivity index is 3.67. The summed E-state index contributed by atoms with van der Waals surface area (Å²) in [5.41, 5.74) is 5.71. The molecule has 0 fully saturated rings. The van der Waals surface area contributed by atoms with Gasteiger partial charge in [-0.15, -0.1) is 0 Å². The van der Waals surface area contributed by atoms with Crippen LogP contribution in [0.3, 0.4) is 0 Å². The highest BCUT2D eigenvalue weighted by atomic mass is 14.5. The first-order chi connectivity index (χ1) is 6.28. The third-order valence-corrected chi connectivity index (χ3v) is 3.12. The molecule has 0 radical (unpaired) electrons. The molecule has 0 rings (SSSR count). The molecular weight excluding hydrogens is 158 g/mol. The molecule has 80 valence electrons. The molecule has 2 unspecified atom stereocenters. The van der Waals surface area contributed by atoms with Gasteiger partial charge in [0.1, 0.15) is 0 Å². The van der Waals surface area contributed by atoms with E-state index in [0.717, 1.165) is 18.4 Å². The Morgan fingerprint density at radius 2 is 1.62 bits per heavy atom. The number of hydrogen-bond donors (Lipinski definition) is 1. The lowest BCUT2D eigenvalue weighted by atomic mass is 9.87. The maximum absolute atomic E-state index is 5.71. The molecule has 2 atom stereocenters. The van der Waals surface area contributed by atoms with Gasteiger partial charge in [0.2, 0.25) is 0 Å². The van der Waals surface area contributed by atoms with Crippen LogP contribution in [0.15, 0.2) is 0 Å². The van der Waals surface area contributed by atoms with Crippen molar-refractivity contribution in [3.63, 3.8) is 0 Å². The predicted octanol–water partition coefficient (Wildman–Crippen LogP) is 3.58. The standard InChI is InChI=1S/C12H27N/c1-4-7-8-11(5-2)9-12(6-3)10-13/h11-12H,4-10,13H2,1-3H3. The molecule has 0 aromatic heterocycles. The minimum Gasteiger partial charge on any atom is -0.330 e. The quantitative estimate of drug-likeness (QED) is 0.614. The molecule has 0 aliphatic heterocycles. The van der Waals surface area contributed by atoms with Gasteiger partial charge in [0.05, 0.1) is 0 Å². The van der Waals surface area contributed by atoms with E-state index >= 15 is 0 Å². The summed E-state index contributed by atoms with van der Waals surface area (Å²) in [6.45, 7) is 7.71. The molecule has 0 bridgehead atoms. The van der Waals surface area contributed by atoms with E-state index in [9.17, 15) is 0 Å². The first kappa shape index (κ1) is 13.0. The predicted molar refractivity (Wildman–Crippen MR) is 60.8 cm³/mol. The van der Waals surface area contributed by atoms with Crippen LogP contribution in [0.25, 0.3) is 0 Å². The number of unbranched alkanes of at least 4 members (excludes halogenated alkanes) is 1. The SMILES string of the molecule is CCCCC(CC)CC(CC)CN. The molecule has 0 heterocycles. The zero-order chi connectivity index (χ0) is 10.1. The van der Waals surface area contributed by atoms with Crippen molar-refractivity contribution in [3.8, 4) is 0 Å². The Hall–Kier alpha value is -0.0400. The highest BCUT2D eigenvalue weighted by Crippen LogP contribution is 2.22. The lowest BCUT2D eigenvalue weighted by molar-refractivity contribution is 0.335. The third kappa shape index (κ3) is 6.09. The summed E-state index contributed by atoms with van der Waals surface area (Å²) in [5, 5.41) is 0. The fraction of sp³-hybridized carbons (Fsp3) is 1.00. The van der Waals surface area contributed by atoms with Crippen molar-refractivity contribution in [2.45, 2.75) is 59.3 Å². The number of nitrogens with two attached hydrogens (primary N) is 1. The first-order valence-corrected chi connectivity index (χ1v) is 5.98. The van der Waals surface area contributed by atoms with Crippen LogP contribution in [-0.2, 0) is 0 Å². The zero-order valence-corrected chi connectivity index (χ0v) is 9.68. The van der Waals surface area contributed by atoms with E-state index < -0.39 is 0 Å². The van der Waals surface area contributed by atoms with Crippen LogP contribution >= 0.6 is 0 Å². The fourth-order valence-electron chi connectivity index (χ4n) is 1.88. The van der Waals surface area contributed by atoms with Gasteiger partial charge >= 0.3 is 0 Å². The molecule has 0 amide bonds. The van der Waals surface area contributed by atoms with Crippen LogP contribution in [0, 0.1) is 11.8 Å². The van der Waals surface area contributed by atoms with E-state index in [1.54, 1.807) is 0 Å². The summed E-state index contributed by atoms with van der Waals surface area (Å²) in [5.74, 6) is 1.69. The van der Waals surface area contributed by atoms with Gasteiger partial charge in [0.25, 0.3) is 0 Å². The highest BCUT2D eigenvalue weighted by Gasteiger charge is 2.11. The van der Waals surface area contributed by atoms with Gasteiger partial charge in [-0.3, -0.25) is 0 Å². The summed E-state index contributed by atoms with van der Waals surface area (Å²) < 4.78 is 0. The summed E-state index contributed by atoms with van der Waals surface area (Å²) in [6.07, 6.45) is 8.05. The van der Waals surface area contributed by atoms with Crippen molar-refractivity contribution < 1.29 is 0 Å². The largest absolute Gasteiger partial charge is 0.330 e. The van der Waals surface area contributed by atoms with Crippen molar-refractivity contribution >= 4 is 0 Å². The first-order valence-electron chi connectivity index (χ1n) is 5.98. The summed E-state index contributed by atoms with van der Waals surface area (Å²) >= 11 is 0. The zero-order valence-electron chi connectivity index (χ0n) is 9.68. The molecule has 0 aromatic rings. The van der Waals surface area contributed by atoms with E-state index in [-0.39, 0.29) is 0 Å². The number of hydrogen-bond acceptors (Lipinski definition) is 1. The second-order valence-electron chi connectivity index (χ2n) is 4.16. The molecular formula is C12H27N. The van der Waals surface area contributed by atoms with E-state index in [1.807, 2.05) is 0 Å². The van der Waals surface area contributed by atoms with Crippen LogP contribution < -0.4 is 5.73 Å². The monoisotopic (exact) mass is 185 g/mol. The Morgan fingerprint density at radius 3 is 2.00 bits per heavy atom. The molecule has 0 spiro atoms. The highest BCUT2D eigenvalue weighted by molar-refractivity contribution is 4.65. The molecule has 0 aliphatic carbocycles. The molecule has 0 saturated carbocycles. The normalized spacial score (nSPS) is 15.7. The van der Waals surface area contributed by atoms with Gasteiger partial charge in [0, 0.05) is 0 Å². The Morgan fingerprint density at radius 1 is 1.00 bits per heavy atom. The van der Waals surface area contributed by atoms with Gasteiger partial charge in [-0.1, -0.05) is 52.9 Å². The van der Waals surface area contributed by atoms with E-state index in [0.29, 0.717) is 0 Å². The molecule has 1 nitrogen and oxygen atoms in total. The average Bonchev–Trinajstić information content (AvgIpc) is 2.19. The maximum atomic E-state index is 5.71. The fourth-order valence-corrected chi connectivity index (χ4v) is 1.88. The van der Waals surface area contributed by atoms with Gasteiger partial charge in [-0.05, 0) is 24.8 Å². The topological polar surface area (TPSA) is 26.0 Å². The number of rotatable bonds is 8. The second-order valence-corrected chi connectivity index (χ2v) is 4.16. The smallest absolute Gasteiger partial charge is 0.00489 e. The van der Waals surface area contributed by atoms with Crippen LogP contribution in [0.4, 0.5) is 0 Å². The van der Waals surface area contributed by atoms with Gasteiger partial charge in [-0.2, -0.15) is 0 Å². The lowest BCUT2D eigenvalue weighted by Gasteiger charge is -2.20. The molecule has 0 saturated heterocycles. The van der Waals surface area contributed by atoms with Crippen LogP contribution in [0.2, 0.25) is 0 Å². The Labute approximate surface area is 84.1 Å². The Bertz CT molecular complexity index is 97.3. The molecule has 13 heavy (non-hydrogen) atoms.